The number of unbranched alkanes of at least 4 members (excludes halogenated alkanes) is 28. The van der Waals surface area contributed by atoms with Crippen LogP contribution in [0.5, 0.6) is 0 Å². The van der Waals surface area contributed by atoms with Crippen LogP contribution in [0.25, 0.3) is 11.1 Å². The summed E-state index contributed by atoms with van der Waals surface area (Å²) in [5.74, 6) is 10.2. The summed E-state index contributed by atoms with van der Waals surface area (Å²) in [6, 6.07) is 18.2. The summed E-state index contributed by atoms with van der Waals surface area (Å²) in [6.45, 7) is 13.7. The van der Waals surface area contributed by atoms with Crippen LogP contribution in [0.3, 0.4) is 0 Å². The van der Waals surface area contributed by atoms with E-state index in [0.717, 1.165) is 81.3 Å². The molecule has 0 bridgehead atoms. The fraction of sp³-hybridized carbons (Fsp3) is 0.723. The number of benzene rings is 2. The minimum atomic E-state index is 0.877. The summed E-state index contributed by atoms with van der Waals surface area (Å²) >= 11 is 1.07. The van der Waals surface area contributed by atoms with Crippen LogP contribution in [0.15, 0.2) is 59.7 Å². The van der Waals surface area contributed by atoms with Crippen molar-refractivity contribution in [2.75, 3.05) is 0 Å². The van der Waals surface area contributed by atoms with Gasteiger partial charge < -0.3 is 5.53 Å². The topological polar surface area (TPSA) is 36.4 Å². The van der Waals surface area contributed by atoms with E-state index in [9.17, 15) is 5.53 Å². The third kappa shape index (κ3) is 34.8. The van der Waals surface area contributed by atoms with Gasteiger partial charge in [-0.15, -0.1) is 16.6 Å². The van der Waals surface area contributed by atoms with Crippen molar-refractivity contribution >= 4 is 11.4 Å². The third-order valence-electron chi connectivity index (χ3n) is 13.4. The Hall–Kier alpha value is -2.44. The van der Waals surface area contributed by atoms with Crippen molar-refractivity contribution in [3.05, 3.63) is 87.5 Å². The summed E-state index contributed by atoms with van der Waals surface area (Å²) in [7, 11) is 0. The molecule has 388 valence electrons. The number of hydrogen-bond acceptors (Lipinski definition) is 0. The molecular weight excluding hydrogens is 915 g/mol. The monoisotopic (exact) mass is 1020 g/mol. The molecule has 0 aliphatic rings. The Balaban J connectivity index is 0.00000131. The summed E-state index contributed by atoms with van der Waals surface area (Å²) in [6.07, 6.45) is 50.4. The zero-order valence-electron chi connectivity index (χ0n) is 45.8. The van der Waals surface area contributed by atoms with Gasteiger partial charge in [0, 0.05) is 12.8 Å². The molecule has 0 heterocycles. The minimum absolute atomic E-state index is 0.877. The van der Waals surface area contributed by atoms with Crippen molar-refractivity contribution in [3.8, 4) is 11.8 Å². The maximum absolute atomic E-state index is 9.87. The van der Waals surface area contributed by atoms with Gasteiger partial charge in [-0.05, 0) is 84.8 Å². The van der Waals surface area contributed by atoms with Gasteiger partial charge in [0.05, 0.1) is 5.57 Å². The zero-order valence-corrected chi connectivity index (χ0v) is 47.4. The van der Waals surface area contributed by atoms with Crippen molar-refractivity contribution < 1.29 is 22.8 Å². The number of allylic oxidation sites excluding steroid dienone is 2. The molecular formula is C65H108N2Pd. The molecule has 0 unspecified atom stereocenters. The van der Waals surface area contributed by atoms with Crippen molar-refractivity contribution in [3.63, 3.8) is 0 Å². The van der Waals surface area contributed by atoms with E-state index in [1.807, 2.05) is 0 Å². The Bertz CT molecular complexity index is 1620. The molecule has 0 aliphatic heterocycles. The predicted octanol–water partition coefficient (Wildman–Crippen LogP) is 21.9. The average molecular weight is 1020 g/mol. The van der Waals surface area contributed by atoms with Crippen LogP contribution in [0, 0.1) is 11.8 Å². The third-order valence-corrected chi connectivity index (χ3v) is 15.6. The molecule has 0 fully saturated rings. The summed E-state index contributed by atoms with van der Waals surface area (Å²) in [5.41, 5.74) is 18.8. The normalized spacial score (nSPS) is 11.3. The first-order valence-electron chi connectivity index (χ1n) is 29.4. The molecule has 0 spiro atoms. The van der Waals surface area contributed by atoms with Crippen LogP contribution in [0.4, 0.5) is 0 Å². The molecule has 2 aromatic rings. The van der Waals surface area contributed by atoms with E-state index in [1.54, 1.807) is 0 Å². The molecule has 0 amide bonds. The first-order chi connectivity index (χ1) is 33.6. The Labute approximate surface area is 432 Å². The van der Waals surface area contributed by atoms with Gasteiger partial charge in [0.1, 0.15) is 0 Å². The molecule has 0 N–H and O–H groups in total. The number of aryl methyl sites for hydroxylation is 2. The molecule has 68 heavy (non-hydrogen) atoms. The van der Waals surface area contributed by atoms with Crippen LogP contribution in [-0.4, -0.2) is 10.7 Å². The fourth-order valence-corrected chi connectivity index (χ4v) is 11.1. The molecule has 3 heteroatoms. The Morgan fingerprint density at radius 3 is 1.49 bits per heavy atom. The van der Waals surface area contributed by atoms with Crippen LogP contribution < -0.4 is 0 Å². The standard InChI is InChI=1S/C51H78N2.2C7H15.Pd/c1-5-9-13-15-17-18-19-20-21-22-23-24-25-26-27-29-30-37-46-38-32-33-42-49(46)51(47-40-34-36-45(43-47)35-11-7-3)50(41-12-8-4)48(44-53-52)39-31-28-16-14-10-6-2;2*1-3-5-7-6-4-2;/h32-34,36,38,40,42-43H,5-26,28,30-31,35,37,39,41H2,1-4H3;2*1,3-7H2,2H3;. The molecule has 0 radical (unpaired) electrons. The van der Waals surface area contributed by atoms with Gasteiger partial charge in [0.15, 0.2) is 0 Å². The molecule has 0 saturated heterocycles. The van der Waals surface area contributed by atoms with Crippen molar-refractivity contribution in [1.29, 1.82) is 0 Å². The molecule has 0 atom stereocenters. The summed E-state index contributed by atoms with van der Waals surface area (Å²) in [5, 5.41) is 0. The van der Waals surface area contributed by atoms with Gasteiger partial charge in [0.25, 0.3) is 0 Å². The van der Waals surface area contributed by atoms with Crippen LogP contribution in [0.1, 0.15) is 301 Å². The van der Waals surface area contributed by atoms with Gasteiger partial charge in [-0.1, -0.05) is 198 Å². The summed E-state index contributed by atoms with van der Waals surface area (Å²) < 4.78 is 0. The van der Waals surface area contributed by atoms with E-state index in [2.05, 4.69) is 113 Å². The second-order valence-electron chi connectivity index (χ2n) is 19.8. The average Bonchev–Trinajstić information content (AvgIpc) is 3.36. The molecule has 2 nitrogen and oxygen atoms in total. The predicted molar refractivity (Wildman–Crippen MR) is 301 cm³/mol. The fourth-order valence-electron chi connectivity index (χ4n) is 9.14. The first kappa shape index (κ1) is 63.6. The van der Waals surface area contributed by atoms with Gasteiger partial charge in [-0.2, -0.15) is 0 Å². The molecule has 0 saturated carbocycles. The molecule has 2 rings (SSSR count). The van der Waals surface area contributed by atoms with Crippen molar-refractivity contribution in [2.45, 2.75) is 302 Å². The number of hydrogen-bond donors (Lipinski definition) is 0. The molecule has 0 aromatic heterocycles. The quantitative estimate of drug-likeness (QED) is 0.0121. The molecule has 0 aliphatic carbocycles. The second kappa shape index (κ2) is 49.5. The maximum atomic E-state index is 9.87. The van der Waals surface area contributed by atoms with E-state index >= 15 is 0 Å². The first-order valence-corrected chi connectivity index (χ1v) is 31.6. The zero-order chi connectivity index (χ0) is 49.2. The van der Waals surface area contributed by atoms with Crippen LogP contribution in [-0.2, 0) is 30.8 Å². The van der Waals surface area contributed by atoms with Crippen LogP contribution >= 0.6 is 0 Å². The van der Waals surface area contributed by atoms with Crippen molar-refractivity contribution in [2.24, 2.45) is 0 Å². The molecule has 2 aromatic carbocycles. The van der Waals surface area contributed by atoms with E-state index in [-0.39, 0.29) is 0 Å². The van der Waals surface area contributed by atoms with Gasteiger partial charge >= 0.3 is 112 Å². The van der Waals surface area contributed by atoms with Crippen LogP contribution in [0.2, 0.25) is 9.79 Å². The van der Waals surface area contributed by atoms with Crippen molar-refractivity contribution in [1.82, 2.24) is 0 Å². The Morgan fingerprint density at radius 1 is 0.456 bits per heavy atom. The summed E-state index contributed by atoms with van der Waals surface area (Å²) in [4.78, 5) is 6.60. The van der Waals surface area contributed by atoms with Gasteiger partial charge in [-0.25, -0.2) is 0 Å². The Morgan fingerprint density at radius 2 is 0.941 bits per heavy atom. The van der Waals surface area contributed by atoms with Gasteiger partial charge in [-0.3, -0.25) is 0 Å². The van der Waals surface area contributed by atoms with Gasteiger partial charge in [0.2, 0.25) is 0 Å². The van der Waals surface area contributed by atoms with E-state index in [1.165, 1.54) is 236 Å². The van der Waals surface area contributed by atoms with E-state index < -0.39 is 0 Å². The second-order valence-corrected chi connectivity index (χ2v) is 22.1. The number of rotatable bonds is 43. The SMILES string of the molecule is CCCCCCCCCCCCCCCC#CCCc1ccccc1C(=C(CCCC)C(=C=[N+]=[N-])CCCCCCCC)c1cccc(CCCC)c1.CCCCCC[CH2][Pd][CH2]CCCCCC. The van der Waals surface area contributed by atoms with E-state index in [4.69, 9.17) is 0 Å². The Kier molecular flexibility index (Phi) is 46.3. The number of nitrogens with zero attached hydrogens (tertiary/aromatic N) is 2. The van der Waals surface area contributed by atoms with E-state index in [0.29, 0.717) is 0 Å².